The van der Waals surface area contributed by atoms with Crippen molar-refractivity contribution in [2.75, 3.05) is 0 Å². The highest BCUT2D eigenvalue weighted by atomic mass is 14.3. The average molecular weight is 218 g/mol. The zero-order valence-electron chi connectivity index (χ0n) is 9.58. The number of rotatable bonds is 0. The van der Waals surface area contributed by atoms with Crippen molar-refractivity contribution in [2.24, 2.45) is 5.41 Å². The topological polar surface area (TPSA) is 0 Å². The van der Waals surface area contributed by atoms with Crippen LogP contribution in [0.1, 0.15) is 0 Å². The molecule has 0 saturated heterocycles. The maximum Gasteiger partial charge on any atom is 0.0568 e. The molecule has 1 atom stereocenters. The second-order valence-electron chi connectivity index (χ2n) is 4.32. The van der Waals surface area contributed by atoms with Gasteiger partial charge in [0, 0.05) is 0 Å². The van der Waals surface area contributed by atoms with Crippen LogP contribution in [-0.4, -0.2) is 0 Å². The Bertz CT molecular complexity index is 503. The molecule has 3 aliphatic carbocycles. The number of allylic oxidation sites excluding steroid dienone is 16. The Hall–Kier alpha value is -2.08. The van der Waals surface area contributed by atoms with Crippen LogP contribution in [0.25, 0.3) is 0 Å². The monoisotopic (exact) mass is 218 g/mol. The van der Waals surface area contributed by atoms with Gasteiger partial charge in [-0.25, -0.2) is 0 Å². The lowest BCUT2D eigenvalue weighted by Crippen LogP contribution is -2.22. The molecule has 0 heteroatoms. The molecular weight excluding hydrogens is 204 g/mol. The van der Waals surface area contributed by atoms with E-state index in [1.54, 1.807) is 0 Å². The Labute approximate surface area is 102 Å². The minimum absolute atomic E-state index is 0.0808. The molecule has 0 fully saturated rings. The van der Waals surface area contributed by atoms with E-state index in [-0.39, 0.29) is 5.41 Å². The predicted octanol–water partition coefficient (Wildman–Crippen LogP) is 4.20. The van der Waals surface area contributed by atoms with Crippen molar-refractivity contribution in [3.8, 4) is 0 Å². The first-order valence-corrected chi connectivity index (χ1v) is 5.90. The number of hydrogen-bond acceptors (Lipinski definition) is 0. The van der Waals surface area contributed by atoms with Crippen molar-refractivity contribution < 1.29 is 0 Å². The van der Waals surface area contributed by atoms with Gasteiger partial charge in [0.1, 0.15) is 0 Å². The summed E-state index contributed by atoms with van der Waals surface area (Å²) in [4.78, 5) is 0. The summed E-state index contributed by atoms with van der Waals surface area (Å²) < 4.78 is 0. The van der Waals surface area contributed by atoms with Crippen molar-refractivity contribution in [3.05, 3.63) is 96.2 Å². The minimum atomic E-state index is -0.0808. The Morgan fingerprint density at radius 2 is 1.06 bits per heavy atom. The summed E-state index contributed by atoms with van der Waals surface area (Å²) in [7, 11) is 0. The van der Waals surface area contributed by atoms with Crippen LogP contribution >= 0.6 is 0 Å². The van der Waals surface area contributed by atoms with Crippen LogP contribution in [-0.2, 0) is 0 Å². The quantitative estimate of drug-likeness (QED) is 0.571. The zero-order valence-corrected chi connectivity index (χ0v) is 9.58. The van der Waals surface area contributed by atoms with Gasteiger partial charge in [-0.1, -0.05) is 85.1 Å². The predicted molar refractivity (Wildman–Crippen MR) is 73.4 cm³/mol. The molecule has 0 saturated carbocycles. The lowest BCUT2D eigenvalue weighted by molar-refractivity contribution is 0.727. The van der Waals surface area contributed by atoms with Crippen LogP contribution in [0.4, 0.5) is 0 Å². The highest BCUT2D eigenvalue weighted by Crippen LogP contribution is 2.44. The number of hydrogen-bond donors (Lipinski definition) is 0. The summed E-state index contributed by atoms with van der Waals surface area (Å²) in [6, 6.07) is 0. The Morgan fingerprint density at radius 3 is 1.59 bits per heavy atom. The molecule has 82 valence electrons. The van der Waals surface area contributed by atoms with E-state index >= 15 is 0 Å². The van der Waals surface area contributed by atoms with E-state index in [4.69, 9.17) is 0 Å². The van der Waals surface area contributed by atoms with E-state index < -0.39 is 0 Å². The second-order valence-corrected chi connectivity index (χ2v) is 4.32. The molecule has 0 bridgehead atoms. The van der Waals surface area contributed by atoms with Gasteiger partial charge in [-0.2, -0.15) is 0 Å². The second kappa shape index (κ2) is 4.06. The largest absolute Gasteiger partial charge is 0.0658 e. The molecule has 17 heavy (non-hydrogen) atoms. The molecule has 3 aliphatic rings. The SMILES string of the molecule is C1=C/C=C/C=C2\C=CC=CC23C=CC=CC3=C1. The van der Waals surface area contributed by atoms with Crippen LogP contribution in [0, 0.1) is 5.41 Å². The third-order valence-electron chi connectivity index (χ3n) is 3.33. The highest BCUT2D eigenvalue weighted by molar-refractivity contribution is 5.58. The molecule has 0 heterocycles. The fraction of sp³-hybridized carbons (Fsp3) is 0.0588. The molecule has 0 aromatic rings. The summed E-state index contributed by atoms with van der Waals surface area (Å²) in [6.45, 7) is 0. The Balaban J connectivity index is 2.25. The van der Waals surface area contributed by atoms with E-state index in [1.165, 1.54) is 11.1 Å². The molecule has 0 N–H and O–H groups in total. The van der Waals surface area contributed by atoms with Crippen LogP contribution in [0.2, 0.25) is 0 Å². The van der Waals surface area contributed by atoms with Crippen LogP contribution < -0.4 is 0 Å². The van der Waals surface area contributed by atoms with Crippen LogP contribution in [0.3, 0.4) is 0 Å². The maximum absolute atomic E-state index is 2.26. The van der Waals surface area contributed by atoms with E-state index in [2.05, 4.69) is 85.1 Å². The van der Waals surface area contributed by atoms with Gasteiger partial charge in [0.15, 0.2) is 0 Å². The molecular formula is C17H14. The third kappa shape index (κ3) is 1.62. The fourth-order valence-corrected chi connectivity index (χ4v) is 2.45. The van der Waals surface area contributed by atoms with Gasteiger partial charge in [-0.05, 0) is 11.1 Å². The summed E-state index contributed by atoms with van der Waals surface area (Å²) in [5.74, 6) is 0. The first-order chi connectivity index (χ1) is 8.42. The third-order valence-corrected chi connectivity index (χ3v) is 3.33. The van der Waals surface area contributed by atoms with Crippen LogP contribution in [0.15, 0.2) is 96.2 Å². The Kier molecular flexibility index (Phi) is 2.41. The van der Waals surface area contributed by atoms with Gasteiger partial charge in [0.2, 0.25) is 0 Å². The van der Waals surface area contributed by atoms with Crippen molar-refractivity contribution in [1.29, 1.82) is 0 Å². The van der Waals surface area contributed by atoms with Crippen molar-refractivity contribution in [1.82, 2.24) is 0 Å². The van der Waals surface area contributed by atoms with E-state index in [0.29, 0.717) is 0 Å². The maximum atomic E-state index is 2.26. The first kappa shape index (κ1) is 10.1. The highest BCUT2D eigenvalue weighted by Gasteiger charge is 2.32. The average Bonchev–Trinajstić information content (AvgIpc) is 2.46. The molecule has 3 rings (SSSR count). The summed E-state index contributed by atoms with van der Waals surface area (Å²) >= 11 is 0. The molecule has 0 nitrogen and oxygen atoms in total. The molecule has 0 radical (unpaired) electrons. The van der Waals surface area contributed by atoms with E-state index in [9.17, 15) is 0 Å². The lowest BCUT2D eigenvalue weighted by Gasteiger charge is -2.33. The van der Waals surface area contributed by atoms with Crippen molar-refractivity contribution in [3.63, 3.8) is 0 Å². The summed E-state index contributed by atoms with van der Waals surface area (Å²) in [6.07, 6.45) is 30.0. The summed E-state index contributed by atoms with van der Waals surface area (Å²) in [5.41, 5.74) is 2.54. The van der Waals surface area contributed by atoms with Crippen LogP contribution in [0.5, 0.6) is 0 Å². The molecule has 1 spiro atoms. The van der Waals surface area contributed by atoms with Crippen molar-refractivity contribution in [2.45, 2.75) is 0 Å². The minimum Gasteiger partial charge on any atom is -0.0658 e. The Morgan fingerprint density at radius 1 is 0.529 bits per heavy atom. The lowest BCUT2D eigenvalue weighted by atomic mass is 9.69. The van der Waals surface area contributed by atoms with Gasteiger partial charge >= 0.3 is 0 Å². The molecule has 0 amide bonds. The van der Waals surface area contributed by atoms with Gasteiger partial charge in [0.05, 0.1) is 5.41 Å². The first-order valence-electron chi connectivity index (χ1n) is 5.90. The fourth-order valence-electron chi connectivity index (χ4n) is 2.45. The van der Waals surface area contributed by atoms with Gasteiger partial charge in [0.25, 0.3) is 0 Å². The van der Waals surface area contributed by atoms with E-state index in [0.717, 1.165) is 0 Å². The standard InChI is InChI=1S/C17H14/c1-2-4-10-16-12-6-8-14-17(16)13-7-5-11-15(17)9-3-1/h1-14H/b3-1+,4-2?,15-9+,16-10?. The van der Waals surface area contributed by atoms with Crippen molar-refractivity contribution >= 4 is 0 Å². The van der Waals surface area contributed by atoms with Gasteiger partial charge < -0.3 is 0 Å². The molecule has 0 aromatic heterocycles. The molecule has 0 aromatic carbocycles. The summed E-state index contributed by atoms with van der Waals surface area (Å²) in [5, 5.41) is 0. The normalized spacial score (nSPS) is 33.6. The molecule has 0 aliphatic heterocycles. The molecule has 1 unspecified atom stereocenters. The zero-order chi connectivity index (χ0) is 11.6. The van der Waals surface area contributed by atoms with Gasteiger partial charge in [-0.15, -0.1) is 0 Å². The van der Waals surface area contributed by atoms with Gasteiger partial charge in [-0.3, -0.25) is 0 Å². The smallest absolute Gasteiger partial charge is 0.0568 e. The van der Waals surface area contributed by atoms with E-state index in [1.807, 2.05) is 0 Å².